The van der Waals surface area contributed by atoms with Gasteiger partial charge in [0.15, 0.2) is 0 Å². The van der Waals surface area contributed by atoms with Crippen LogP contribution in [0.2, 0.25) is 0 Å². The van der Waals surface area contributed by atoms with Crippen LogP contribution in [0.4, 0.5) is 0 Å². The smallest absolute Gasteiger partial charge is 0.223 e. The summed E-state index contributed by atoms with van der Waals surface area (Å²) < 4.78 is 5.93. The van der Waals surface area contributed by atoms with Crippen LogP contribution in [0.5, 0.6) is 0 Å². The highest BCUT2D eigenvalue weighted by atomic mass is 32.1. The van der Waals surface area contributed by atoms with Crippen LogP contribution in [0.25, 0.3) is 0 Å². The summed E-state index contributed by atoms with van der Waals surface area (Å²) in [4.78, 5) is 19.7. The fourth-order valence-corrected chi connectivity index (χ4v) is 3.84. The molecule has 4 nitrogen and oxygen atoms in total. The summed E-state index contributed by atoms with van der Waals surface area (Å²) in [5.41, 5.74) is 2.90. The number of aromatic nitrogens is 1. The molecule has 0 saturated carbocycles. The largest absolute Gasteiger partial charge is 0.375 e. The molecule has 5 heteroatoms. The maximum Gasteiger partial charge on any atom is 0.223 e. The van der Waals surface area contributed by atoms with Gasteiger partial charge in [-0.1, -0.05) is 0 Å². The molecule has 1 spiro atoms. The molecule has 2 aliphatic heterocycles. The fourth-order valence-electron chi connectivity index (χ4n) is 3.05. The Bertz CT molecular complexity index is 466. The Kier molecular flexibility index (Phi) is 3.58. The van der Waals surface area contributed by atoms with Crippen LogP contribution in [-0.2, 0) is 16.1 Å². The third kappa shape index (κ3) is 2.67. The second-order valence-electron chi connectivity index (χ2n) is 5.56. The molecule has 0 aliphatic carbocycles. The van der Waals surface area contributed by atoms with Gasteiger partial charge in [0, 0.05) is 24.4 Å². The van der Waals surface area contributed by atoms with E-state index in [0.717, 1.165) is 44.5 Å². The topological polar surface area (TPSA) is 42.4 Å². The van der Waals surface area contributed by atoms with Gasteiger partial charge in [-0.25, -0.2) is 4.98 Å². The first kappa shape index (κ1) is 13.1. The maximum atomic E-state index is 12.2. The fraction of sp³-hybridized carbons (Fsp3) is 0.714. The summed E-state index contributed by atoms with van der Waals surface area (Å²) >= 11 is 1.64. The van der Waals surface area contributed by atoms with Gasteiger partial charge in [-0.2, -0.15) is 0 Å². The summed E-state index contributed by atoms with van der Waals surface area (Å²) in [6.07, 6.45) is 4.76. The molecular formula is C14H20N2O2S. The zero-order valence-corrected chi connectivity index (χ0v) is 12.2. The molecule has 1 aromatic rings. The van der Waals surface area contributed by atoms with Gasteiger partial charge in [0.2, 0.25) is 5.91 Å². The normalized spacial score (nSPS) is 28.1. The molecule has 0 bridgehead atoms. The predicted molar refractivity (Wildman–Crippen MR) is 74.0 cm³/mol. The molecule has 0 radical (unpaired) electrons. The molecule has 0 aromatic carbocycles. The van der Waals surface area contributed by atoms with Gasteiger partial charge >= 0.3 is 0 Å². The predicted octanol–water partition coefficient (Wildman–Crippen LogP) is 2.51. The van der Waals surface area contributed by atoms with E-state index in [1.807, 2.05) is 17.3 Å². The Balaban J connectivity index is 1.69. The number of carbonyl (C=O) groups is 1. The summed E-state index contributed by atoms with van der Waals surface area (Å²) in [5, 5.41) is 0. The van der Waals surface area contributed by atoms with Crippen LogP contribution in [0, 0.1) is 6.92 Å². The van der Waals surface area contributed by atoms with Crippen molar-refractivity contribution in [3.63, 3.8) is 0 Å². The lowest BCUT2D eigenvalue weighted by Gasteiger charge is -2.26. The third-order valence-electron chi connectivity index (χ3n) is 4.35. The lowest BCUT2D eigenvalue weighted by Crippen LogP contribution is -2.32. The molecule has 19 heavy (non-hydrogen) atoms. The van der Waals surface area contributed by atoms with Crippen LogP contribution < -0.4 is 0 Å². The quantitative estimate of drug-likeness (QED) is 0.836. The van der Waals surface area contributed by atoms with E-state index in [1.54, 1.807) is 11.3 Å². The Labute approximate surface area is 117 Å². The van der Waals surface area contributed by atoms with E-state index in [9.17, 15) is 4.79 Å². The van der Waals surface area contributed by atoms with E-state index < -0.39 is 0 Å². The van der Waals surface area contributed by atoms with Crippen molar-refractivity contribution < 1.29 is 9.53 Å². The van der Waals surface area contributed by atoms with Crippen molar-refractivity contribution >= 4 is 17.2 Å². The van der Waals surface area contributed by atoms with Gasteiger partial charge in [-0.3, -0.25) is 4.79 Å². The number of rotatable bonds is 2. The summed E-state index contributed by atoms with van der Waals surface area (Å²) in [6, 6.07) is 0. The number of hydrogen-bond acceptors (Lipinski definition) is 4. The average Bonchev–Trinajstić information content (AvgIpc) is 2.98. The van der Waals surface area contributed by atoms with E-state index in [0.29, 0.717) is 13.0 Å². The SMILES string of the molecule is Cc1ncsc1CN1CC[C@@]2(CCCO2)CCC1=O. The lowest BCUT2D eigenvalue weighted by molar-refractivity contribution is -0.131. The first-order chi connectivity index (χ1) is 9.19. The highest BCUT2D eigenvalue weighted by molar-refractivity contribution is 7.09. The van der Waals surface area contributed by atoms with Crippen molar-refractivity contribution in [3.8, 4) is 0 Å². The molecule has 2 aliphatic rings. The van der Waals surface area contributed by atoms with Crippen molar-refractivity contribution in [2.45, 2.75) is 51.2 Å². The van der Waals surface area contributed by atoms with Crippen molar-refractivity contribution in [1.29, 1.82) is 0 Å². The number of aryl methyl sites for hydroxylation is 1. The van der Waals surface area contributed by atoms with Crippen LogP contribution in [-0.4, -0.2) is 34.5 Å². The van der Waals surface area contributed by atoms with Gasteiger partial charge in [-0.15, -0.1) is 11.3 Å². The summed E-state index contributed by atoms with van der Waals surface area (Å²) in [7, 11) is 0. The Hall–Kier alpha value is -0.940. The molecule has 3 heterocycles. The standard InChI is InChI=1S/C14H20N2O2S/c1-11-12(19-10-15-11)9-16-7-6-14(4-2-8-18-14)5-3-13(16)17/h10H,2-9H2,1H3/t14-/m1/s1. The van der Waals surface area contributed by atoms with Gasteiger partial charge in [0.25, 0.3) is 0 Å². The highest BCUT2D eigenvalue weighted by Gasteiger charge is 2.38. The molecule has 0 N–H and O–H groups in total. The Morgan fingerprint density at radius 2 is 2.37 bits per heavy atom. The van der Waals surface area contributed by atoms with Crippen LogP contribution >= 0.6 is 11.3 Å². The minimum atomic E-state index is -0.00679. The minimum Gasteiger partial charge on any atom is -0.375 e. The van der Waals surface area contributed by atoms with Crippen LogP contribution in [0.1, 0.15) is 42.7 Å². The van der Waals surface area contributed by atoms with E-state index in [4.69, 9.17) is 4.74 Å². The first-order valence-corrected chi connectivity index (χ1v) is 7.87. The summed E-state index contributed by atoms with van der Waals surface area (Å²) in [5.74, 6) is 0.264. The molecule has 104 valence electrons. The van der Waals surface area contributed by atoms with E-state index in [-0.39, 0.29) is 11.5 Å². The van der Waals surface area contributed by atoms with Gasteiger partial charge in [-0.05, 0) is 32.6 Å². The number of ether oxygens (including phenoxy) is 1. The molecular weight excluding hydrogens is 260 g/mol. The molecule has 0 unspecified atom stereocenters. The summed E-state index contributed by atoms with van der Waals surface area (Å²) in [6.45, 7) is 4.40. The second-order valence-corrected chi connectivity index (χ2v) is 6.50. The van der Waals surface area contributed by atoms with Gasteiger partial charge < -0.3 is 9.64 Å². The molecule has 3 rings (SSSR count). The van der Waals surface area contributed by atoms with Crippen LogP contribution in [0.15, 0.2) is 5.51 Å². The maximum absolute atomic E-state index is 12.2. The van der Waals surface area contributed by atoms with Crippen molar-refractivity contribution in [3.05, 3.63) is 16.1 Å². The number of thiazole rings is 1. The average molecular weight is 280 g/mol. The molecule has 1 atom stereocenters. The number of amides is 1. The van der Waals surface area contributed by atoms with Gasteiger partial charge in [0.1, 0.15) is 0 Å². The second kappa shape index (κ2) is 5.21. The third-order valence-corrected chi connectivity index (χ3v) is 5.27. The zero-order chi connectivity index (χ0) is 13.3. The molecule has 2 fully saturated rings. The van der Waals surface area contributed by atoms with E-state index >= 15 is 0 Å². The monoisotopic (exact) mass is 280 g/mol. The van der Waals surface area contributed by atoms with Crippen LogP contribution in [0.3, 0.4) is 0 Å². The number of nitrogens with zero attached hydrogens (tertiary/aromatic N) is 2. The number of hydrogen-bond donors (Lipinski definition) is 0. The zero-order valence-electron chi connectivity index (χ0n) is 11.4. The van der Waals surface area contributed by atoms with Crippen molar-refractivity contribution in [2.75, 3.05) is 13.2 Å². The highest BCUT2D eigenvalue weighted by Crippen LogP contribution is 2.36. The van der Waals surface area contributed by atoms with Crippen molar-refractivity contribution in [2.24, 2.45) is 0 Å². The molecule has 1 amide bonds. The lowest BCUT2D eigenvalue weighted by atomic mass is 9.92. The first-order valence-electron chi connectivity index (χ1n) is 6.99. The number of carbonyl (C=O) groups excluding carboxylic acids is 1. The number of likely N-dealkylation sites (tertiary alicyclic amines) is 1. The molecule has 2 saturated heterocycles. The molecule has 1 aromatic heterocycles. The Morgan fingerprint density at radius 3 is 3.05 bits per heavy atom. The van der Waals surface area contributed by atoms with E-state index in [2.05, 4.69) is 4.98 Å². The van der Waals surface area contributed by atoms with Gasteiger partial charge in [0.05, 0.1) is 23.4 Å². The Morgan fingerprint density at radius 1 is 1.47 bits per heavy atom. The minimum absolute atomic E-state index is 0.00679. The van der Waals surface area contributed by atoms with Crippen molar-refractivity contribution in [1.82, 2.24) is 9.88 Å². The van der Waals surface area contributed by atoms with E-state index in [1.165, 1.54) is 4.88 Å².